The van der Waals surface area contributed by atoms with Crippen LogP contribution in [0.3, 0.4) is 0 Å². The maximum absolute atomic E-state index is 15.5. The van der Waals surface area contributed by atoms with E-state index in [4.69, 9.17) is 25.5 Å². The van der Waals surface area contributed by atoms with Crippen molar-refractivity contribution in [3.05, 3.63) is 101 Å². The number of sulfonamides is 1. The number of amides is 1. The quantitative estimate of drug-likeness (QED) is 0.191. The molecule has 0 radical (unpaired) electrons. The van der Waals surface area contributed by atoms with Gasteiger partial charge in [-0.3, -0.25) is 14.6 Å². The first-order valence-electron chi connectivity index (χ1n) is 15.3. The summed E-state index contributed by atoms with van der Waals surface area (Å²) in [5, 5.41) is 0.366. The molecule has 2 aliphatic rings. The van der Waals surface area contributed by atoms with Crippen LogP contribution in [0.2, 0.25) is 5.02 Å². The van der Waals surface area contributed by atoms with Gasteiger partial charge >= 0.3 is 0 Å². The fraction of sp³-hybridized carbons (Fsp3) is 0.353. The molecule has 0 bridgehead atoms. The lowest BCUT2D eigenvalue weighted by Crippen LogP contribution is -2.54. The minimum Gasteiger partial charge on any atom is -0.497 e. The fourth-order valence-electron chi connectivity index (χ4n) is 6.80. The van der Waals surface area contributed by atoms with Crippen LogP contribution < -0.4 is 13.8 Å². The molecule has 46 heavy (non-hydrogen) atoms. The maximum Gasteiger partial charge on any atom is 0.271 e. The molecule has 1 fully saturated rings. The second-order valence-electron chi connectivity index (χ2n) is 11.3. The monoisotopic (exact) mass is 664 g/mol. The Morgan fingerprint density at radius 1 is 1.02 bits per heavy atom. The number of halogens is 1. The summed E-state index contributed by atoms with van der Waals surface area (Å²) in [6.07, 6.45) is 4.46. The summed E-state index contributed by atoms with van der Waals surface area (Å²) >= 11 is 6.67. The Morgan fingerprint density at radius 2 is 1.78 bits per heavy atom. The molecule has 0 N–H and O–H groups in total. The number of hydrogen-bond acceptors (Lipinski definition) is 9. The summed E-state index contributed by atoms with van der Waals surface area (Å²) in [6.45, 7) is 6.97. The summed E-state index contributed by atoms with van der Waals surface area (Å²) in [4.78, 5) is 24.2. The van der Waals surface area contributed by atoms with Crippen LogP contribution in [0.4, 0.5) is 5.69 Å². The standard InChI is InChI=1S/C34H37ClN4O6S/c1-5-37(6-2)22-23-9-16-31(44-4)28(20-23)34(38-18-7-8-30(38)32-36-17-19-45-32)27-21-24(35)10-15-29(27)39(33(34)40)46(41,42)26-13-11-25(43-3)12-14-26/h9-17,19-21,30H,5-8,18,22H2,1-4H3. The molecule has 1 aromatic heterocycles. The predicted octanol–water partition coefficient (Wildman–Crippen LogP) is 6.00. The van der Waals surface area contributed by atoms with Crippen molar-refractivity contribution in [2.45, 2.75) is 49.7 Å². The Labute approximate surface area is 274 Å². The normalized spacial score (nSPS) is 20.0. The number of nitrogens with zero attached hydrogens (tertiary/aromatic N) is 4. The van der Waals surface area contributed by atoms with Crippen molar-refractivity contribution in [3.8, 4) is 11.5 Å². The van der Waals surface area contributed by atoms with E-state index in [-0.39, 0.29) is 10.6 Å². The molecular weight excluding hydrogens is 628 g/mol. The van der Waals surface area contributed by atoms with E-state index in [1.54, 1.807) is 43.6 Å². The van der Waals surface area contributed by atoms with Gasteiger partial charge in [-0.1, -0.05) is 31.5 Å². The molecule has 1 amide bonds. The second kappa shape index (κ2) is 12.7. The number of carbonyl (C=O) groups is 1. The first-order chi connectivity index (χ1) is 22.2. The largest absolute Gasteiger partial charge is 0.497 e. The van der Waals surface area contributed by atoms with Gasteiger partial charge < -0.3 is 13.9 Å². The number of fused-ring (bicyclic) bond motifs is 1. The zero-order chi connectivity index (χ0) is 32.6. The number of hydrogen-bond donors (Lipinski definition) is 0. The first-order valence-corrected chi connectivity index (χ1v) is 17.1. The summed E-state index contributed by atoms with van der Waals surface area (Å²) in [7, 11) is -1.35. The number of ether oxygens (including phenoxy) is 2. The number of anilines is 1. The maximum atomic E-state index is 15.5. The average Bonchev–Trinajstić information content (AvgIpc) is 3.82. The van der Waals surface area contributed by atoms with Gasteiger partial charge in [-0.2, -0.15) is 0 Å². The highest BCUT2D eigenvalue weighted by Gasteiger charge is 2.62. The molecule has 10 nitrogen and oxygen atoms in total. The van der Waals surface area contributed by atoms with E-state index in [1.165, 1.54) is 25.5 Å². The van der Waals surface area contributed by atoms with Crippen molar-refractivity contribution in [2.24, 2.45) is 0 Å². The molecule has 3 aromatic carbocycles. The molecule has 0 saturated carbocycles. The molecule has 0 spiro atoms. The fourth-order valence-corrected chi connectivity index (χ4v) is 8.43. The van der Waals surface area contributed by atoms with E-state index in [0.717, 1.165) is 29.4 Å². The third-order valence-electron chi connectivity index (χ3n) is 9.03. The van der Waals surface area contributed by atoms with Crippen LogP contribution in [0, 0.1) is 0 Å². The van der Waals surface area contributed by atoms with E-state index in [0.29, 0.717) is 53.0 Å². The Bertz CT molecular complexity index is 1830. The molecule has 0 aliphatic carbocycles. The van der Waals surface area contributed by atoms with Gasteiger partial charge in [-0.05, 0) is 86.1 Å². The number of aromatic nitrogens is 1. The summed E-state index contributed by atoms with van der Waals surface area (Å²) in [6, 6.07) is 16.3. The van der Waals surface area contributed by atoms with Gasteiger partial charge in [0.25, 0.3) is 15.9 Å². The number of carbonyl (C=O) groups excluding carboxylic acids is 1. The number of likely N-dealkylation sites (tertiary alicyclic amines) is 1. The first kappa shape index (κ1) is 32.1. The van der Waals surface area contributed by atoms with Gasteiger partial charge in [0.1, 0.15) is 17.8 Å². The Balaban J connectivity index is 1.65. The Hall–Kier alpha value is -3.90. The second-order valence-corrected chi connectivity index (χ2v) is 13.6. The highest BCUT2D eigenvalue weighted by atomic mass is 35.5. The summed E-state index contributed by atoms with van der Waals surface area (Å²) < 4.78 is 47.0. The van der Waals surface area contributed by atoms with Crippen molar-refractivity contribution < 1.29 is 27.1 Å². The van der Waals surface area contributed by atoms with E-state index in [2.05, 4.69) is 23.7 Å². The summed E-state index contributed by atoms with van der Waals surface area (Å²) in [5.41, 5.74) is 0.496. The SMILES string of the molecule is CCN(CC)Cc1ccc(OC)c(C2(N3CCCC3c3ncco3)C(=O)N(S(=O)(=O)c3ccc(OC)cc3)c3ccc(Cl)cc32)c1. The third kappa shape index (κ3) is 5.15. The average molecular weight is 665 g/mol. The van der Waals surface area contributed by atoms with E-state index >= 15 is 4.79 Å². The van der Waals surface area contributed by atoms with Crippen molar-refractivity contribution in [1.82, 2.24) is 14.8 Å². The van der Waals surface area contributed by atoms with E-state index < -0.39 is 27.5 Å². The van der Waals surface area contributed by atoms with Gasteiger partial charge in [0, 0.05) is 29.2 Å². The van der Waals surface area contributed by atoms with Crippen molar-refractivity contribution in [2.75, 3.05) is 38.2 Å². The predicted molar refractivity (Wildman–Crippen MR) is 175 cm³/mol. The van der Waals surface area contributed by atoms with Crippen LogP contribution in [0.15, 0.2) is 82.4 Å². The Kier molecular flexibility index (Phi) is 8.86. The zero-order valence-corrected chi connectivity index (χ0v) is 27.8. The van der Waals surface area contributed by atoms with Gasteiger partial charge in [0.2, 0.25) is 5.89 Å². The van der Waals surface area contributed by atoms with Gasteiger partial charge in [0.15, 0.2) is 5.54 Å². The van der Waals surface area contributed by atoms with Crippen LogP contribution in [0.25, 0.3) is 0 Å². The molecule has 2 unspecified atom stereocenters. The van der Waals surface area contributed by atoms with Crippen LogP contribution in [-0.4, -0.2) is 63.0 Å². The third-order valence-corrected chi connectivity index (χ3v) is 11.0. The lowest BCUT2D eigenvalue weighted by Gasteiger charge is -2.41. The molecular formula is C34H37ClN4O6S. The van der Waals surface area contributed by atoms with Gasteiger partial charge in [0.05, 0.1) is 37.0 Å². The highest BCUT2D eigenvalue weighted by molar-refractivity contribution is 7.93. The van der Waals surface area contributed by atoms with Crippen molar-refractivity contribution in [1.29, 1.82) is 0 Å². The molecule has 242 valence electrons. The minimum atomic E-state index is -4.41. The molecule has 2 atom stereocenters. The molecule has 12 heteroatoms. The molecule has 4 aromatic rings. The van der Waals surface area contributed by atoms with Crippen LogP contribution in [-0.2, 0) is 26.9 Å². The smallest absolute Gasteiger partial charge is 0.271 e. The molecule has 6 rings (SSSR count). The number of oxazole rings is 1. The lowest BCUT2D eigenvalue weighted by molar-refractivity contribution is -0.127. The molecule has 1 saturated heterocycles. The van der Waals surface area contributed by atoms with Crippen LogP contribution in [0.1, 0.15) is 55.3 Å². The number of benzene rings is 3. The summed E-state index contributed by atoms with van der Waals surface area (Å²) in [5.74, 6) is 0.735. The van der Waals surface area contributed by atoms with E-state index in [9.17, 15) is 8.42 Å². The van der Waals surface area contributed by atoms with Gasteiger partial charge in [-0.15, -0.1) is 0 Å². The van der Waals surface area contributed by atoms with Crippen molar-refractivity contribution >= 4 is 33.2 Å². The lowest BCUT2D eigenvalue weighted by atomic mass is 9.80. The minimum absolute atomic E-state index is 0.0497. The zero-order valence-electron chi connectivity index (χ0n) is 26.3. The van der Waals surface area contributed by atoms with Crippen LogP contribution >= 0.6 is 11.6 Å². The number of rotatable bonds is 11. The topological polar surface area (TPSA) is 105 Å². The van der Waals surface area contributed by atoms with E-state index in [1.807, 2.05) is 23.1 Å². The van der Waals surface area contributed by atoms with Crippen molar-refractivity contribution in [3.63, 3.8) is 0 Å². The molecule has 3 heterocycles. The number of methoxy groups -OCH3 is 2. The van der Waals surface area contributed by atoms with Gasteiger partial charge in [-0.25, -0.2) is 17.7 Å². The van der Waals surface area contributed by atoms with Crippen LogP contribution in [0.5, 0.6) is 11.5 Å². The highest BCUT2D eigenvalue weighted by Crippen LogP contribution is 2.56. The molecule has 2 aliphatic heterocycles. The Morgan fingerprint density at radius 3 is 2.43 bits per heavy atom.